The van der Waals surface area contributed by atoms with Crippen LogP contribution in [0.25, 0.3) is 0 Å². The smallest absolute Gasteiger partial charge is 0.153 e. The minimum Gasteiger partial charge on any atom is -0.384 e. The Bertz CT molecular complexity index is 699. The lowest BCUT2D eigenvalue weighted by Gasteiger charge is -2.01. The summed E-state index contributed by atoms with van der Waals surface area (Å²) in [5.74, 6) is 1.49. The number of rotatable bonds is 14. The largest absolute Gasteiger partial charge is 0.384 e. The summed E-state index contributed by atoms with van der Waals surface area (Å²) in [5.41, 5.74) is 12.4. The number of nitrogens with zero attached hydrogens (tertiary/aromatic N) is 3. The third kappa shape index (κ3) is 15.9. The van der Waals surface area contributed by atoms with E-state index in [9.17, 15) is 0 Å². The summed E-state index contributed by atoms with van der Waals surface area (Å²) < 4.78 is 0. The average molecular weight is 483 g/mol. The van der Waals surface area contributed by atoms with E-state index in [1.165, 1.54) is 77.0 Å². The SMILES string of the molecule is CCCCCCCCCCCCCCCl.Cl.Nc1ccc(N=Nc2ccccc2)c(N)n1. The lowest BCUT2D eigenvalue weighted by atomic mass is 10.1. The number of nitrogens with two attached hydrogens (primary N) is 2. The zero-order chi connectivity index (χ0) is 22.6. The van der Waals surface area contributed by atoms with Gasteiger partial charge in [-0.15, -0.1) is 29.1 Å². The number of hydrogen-bond acceptors (Lipinski definition) is 5. The van der Waals surface area contributed by atoms with Crippen LogP contribution in [-0.4, -0.2) is 10.9 Å². The Balaban J connectivity index is 0.000000585. The van der Waals surface area contributed by atoms with Gasteiger partial charge in [-0.3, -0.25) is 0 Å². The molecule has 2 aromatic rings. The highest BCUT2D eigenvalue weighted by Gasteiger charge is 1.99. The van der Waals surface area contributed by atoms with Crippen LogP contribution in [0.2, 0.25) is 0 Å². The van der Waals surface area contributed by atoms with E-state index < -0.39 is 0 Å². The van der Waals surface area contributed by atoms with E-state index in [0.717, 1.165) is 11.6 Å². The molecule has 0 spiro atoms. The van der Waals surface area contributed by atoms with Gasteiger partial charge in [0.25, 0.3) is 0 Å². The molecular formula is C25H41Cl2N5. The van der Waals surface area contributed by atoms with E-state index in [1.807, 2.05) is 30.3 Å². The standard InChI is InChI=1S/C14H29Cl.C11H11N5.ClH/c1-2-3-4-5-6-7-8-9-10-11-12-13-14-15;12-10-7-6-9(11(13)14-10)16-15-8-4-2-1-3-5-8;/h2-14H2,1H3;1-7H,(H4,12,13,14);1H. The Labute approximate surface area is 205 Å². The molecule has 1 aromatic heterocycles. The van der Waals surface area contributed by atoms with Gasteiger partial charge >= 0.3 is 0 Å². The molecule has 0 bridgehead atoms. The lowest BCUT2D eigenvalue weighted by molar-refractivity contribution is 0.548. The molecule has 0 saturated heterocycles. The van der Waals surface area contributed by atoms with Gasteiger partial charge in [-0.1, -0.05) is 95.8 Å². The monoisotopic (exact) mass is 481 g/mol. The Morgan fingerprint density at radius 2 is 1.25 bits per heavy atom. The van der Waals surface area contributed by atoms with Crippen LogP contribution < -0.4 is 11.5 Å². The quantitative estimate of drug-likeness (QED) is 0.160. The van der Waals surface area contributed by atoms with Crippen molar-refractivity contribution in [2.24, 2.45) is 10.2 Å². The van der Waals surface area contributed by atoms with Gasteiger partial charge in [0.1, 0.15) is 11.5 Å². The molecule has 1 aromatic carbocycles. The second kappa shape index (κ2) is 21.0. The number of azo groups is 1. The summed E-state index contributed by atoms with van der Waals surface area (Å²) in [6.45, 7) is 2.28. The van der Waals surface area contributed by atoms with E-state index >= 15 is 0 Å². The molecule has 1 heterocycles. The first-order valence-corrected chi connectivity index (χ1v) is 12.3. The molecule has 0 radical (unpaired) electrons. The first-order valence-electron chi connectivity index (χ1n) is 11.7. The Kier molecular flexibility index (Phi) is 19.8. The maximum atomic E-state index is 5.64. The number of aromatic nitrogens is 1. The number of anilines is 2. The van der Waals surface area contributed by atoms with Gasteiger partial charge in [0.05, 0.1) is 5.69 Å². The Hall–Kier alpha value is -1.85. The lowest BCUT2D eigenvalue weighted by Crippen LogP contribution is -1.95. The van der Waals surface area contributed by atoms with Gasteiger partial charge in [-0.25, -0.2) is 4.98 Å². The molecule has 0 aliphatic carbocycles. The average Bonchev–Trinajstić information content (AvgIpc) is 2.78. The number of alkyl halides is 1. The molecule has 7 heteroatoms. The van der Waals surface area contributed by atoms with Gasteiger partial charge in [-0.2, -0.15) is 5.11 Å². The summed E-state index contributed by atoms with van der Waals surface area (Å²) in [5, 5.41) is 8.03. The van der Waals surface area contributed by atoms with Crippen molar-refractivity contribution in [3.8, 4) is 0 Å². The fourth-order valence-corrected chi connectivity index (χ4v) is 3.30. The van der Waals surface area contributed by atoms with Gasteiger partial charge < -0.3 is 11.5 Å². The van der Waals surface area contributed by atoms with Crippen LogP contribution in [0.1, 0.15) is 84.0 Å². The molecule has 0 aliphatic heterocycles. The van der Waals surface area contributed by atoms with E-state index in [-0.39, 0.29) is 18.2 Å². The van der Waals surface area contributed by atoms with Crippen LogP contribution in [0.15, 0.2) is 52.7 Å². The van der Waals surface area contributed by atoms with Crippen molar-refractivity contribution >= 4 is 47.0 Å². The van der Waals surface area contributed by atoms with Crippen molar-refractivity contribution in [2.45, 2.75) is 84.0 Å². The Morgan fingerprint density at radius 3 is 1.75 bits per heavy atom. The molecule has 0 saturated carbocycles. The van der Waals surface area contributed by atoms with Gasteiger partial charge in [-0.05, 0) is 30.7 Å². The second-order valence-electron chi connectivity index (χ2n) is 7.75. The molecular weight excluding hydrogens is 441 g/mol. The molecule has 0 aliphatic rings. The predicted octanol–water partition coefficient (Wildman–Crippen LogP) is 9.01. The highest BCUT2D eigenvalue weighted by Crippen LogP contribution is 2.23. The summed E-state index contributed by atoms with van der Waals surface area (Å²) >= 11 is 5.62. The van der Waals surface area contributed by atoms with Gasteiger partial charge in [0.2, 0.25) is 0 Å². The van der Waals surface area contributed by atoms with Crippen LogP contribution >= 0.6 is 24.0 Å². The zero-order valence-corrected chi connectivity index (χ0v) is 21.1. The molecule has 0 amide bonds. The van der Waals surface area contributed by atoms with Crippen molar-refractivity contribution < 1.29 is 0 Å². The van der Waals surface area contributed by atoms with E-state index in [0.29, 0.717) is 11.5 Å². The van der Waals surface area contributed by atoms with E-state index in [2.05, 4.69) is 22.1 Å². The van der Waals surface area contributed by atoms with Crippen molar-refractivity contribution in [3.63, 3.8) is 0 Å². The maximum absolute atomic E-state index is 5.64. The van der Waals surface area contributed by atoms with Gasteiger partial charge in [0, 0.05) is 5.88 Å². The molecule has 0 unspecified atom stereocenters. The molecule has 0 fully saturated rings. The highest BCUT2D eigenvalue weighted by molar-refractivity contribution is 6.17. The van der Waals surface area contributed by atoms with Crippen LogP contribution in [-0.2, 0) is 0 Å². The Morgan fingerprint density at radius 1 is 0.719 bits per heavy atom. The van der Waals surface area contributed by atoms with Crippen LogP contribution in [0.4, 0.5) is 23.0 Å². The predicted molar refractivity (Wildman–Crippen MR) is 143 cm³/mol. The molecule has 0 atom stereocenters. The summed E-state index contributed by atoms with van der Waals surface area (Å²) in [7, 11) is 0. The van der Waals surface area contributed by atoms with E-state index in [1.54, 1.807) is 12.1 Å². The zero-order valence-electron chi connectivity index (χ0n) is 19.5. The topological polar surface area (TPSA) is 89.6 Å². The minimum atomic E-state index is 0. The molecule has 5 nitrogen and oxygen atoms in total. The summed E-state index contributed by atoms with van der Waals surface area (Å²) in [6, 6.07) is 12.7. The third-order valence-corrected chi connectivity index (χ3v) is 5.21. The fraction of sp³-hybridized carbons (Fsp3) is 0.560. The summed E-state index contributed by atoms with van der Waals surface area (Å²) in [6.07, 6.45) is 16.9. The normalized spacial score (nSPS) is 10.4. The molecule has 32 heavy (non-hydrogen) atoms. The second-order valence-corrected chi connectivity index (χ2v) is 8.13. The number of pyridine rings is 1. The number of halogens is 2. The van der Waals surface area contributed by atoms with E-state index in [4.69, 9.17) is 23.1 Å². The van der Waals surface area contributed by atoms with Gasteiger partial charge in [0.15, 0.2) is 5.82 Å². The van der Waals surface area contributed by atoms with Crippen LogP contribution in [0.3, 0.4) is 0 Å². The first kappa shape index (κ1) is 30.1. The number of unbranched alkanes of at least 4 members (excludes halogenated alkanes) is 11. The molecule has 4 N–H and O–H groups in total. The highest BCUT2D eigenvalue weighted by atomic mass is 35.5. The number of nitrogen functional groups attached to an aromatic ring is 2. The third-order valence-electron chi connectivity index (χ3n) is 4.94. The molecule has 2 rings (SSSR count). The van der Waals surface area contributed by atoms with Crippen LogP contribution in [0, 0.1) is 0 Å². The van der Waals surface area contributed by atoms with Crippen molar-refractivity contribution in [1.29, 1.82) is 0 Å². The minimum absolute atomic E-state index is 0. The van der Waals surface area contributed by atoms with Crippen molar-refractivity contribution in [2.75, 3.05) is 17.3 Å². The first-order chi connectivity index (χ1) is 15.2. The fourth-order valence-electron chi connectivity index (χ4n) is 3.11. The summed E-state index contributed by atoms with van der Waals surface area (Å²) in [4.78, 5) is 3.89. The number of hydrogen-bond donors (Lipinski definition) is 2. The number of benzene rings is 1. The van der Waals surface area contributed by atoms with Crippen molar-refractivity contribution in [3.05, 3.63) is 42.5 Å². The molecule has 180 valence electrons. The maximum Gasteiger partial charge on any atom is 0.153 e. The van der Waals surface area contributed by atoms with Crippen LogP contribution in [0.5, 0.6) is 0 Å². The van der Waals surface area contributed by atoms with Crippen molar-refractivity contribution in [1.82, 2.24) is 4.98 Å².